The van der Waals surface area contributed by atoms with Crippen LogP contribution in [0.2, 0.25) is 0 Å². The van der Waals surface area contributed by atoms with Crippen molar-refractivity contribution in [3.05, 3.63) is 0 Å². The molecule has 1 saturated carbocycles. The molecular formula is C12H26N2O2S. The molecule has 0 amide bonds. The molecule has 0 saturated heterocycles. The monoisotopic (exact) mass is 262 g/mol. The lowest BCUT2D eigenvalue weighted by atomic mass is 10.1. The standard InChI is InChI=1S/C12H26N2O2S/c1-11(2)13-8-9-17(15,16)14(3)10-12-6-4-5-7-12/h11-13H,4-10H2,1-3H3. The maximum atomic E-state index is 12.0. The van der Waals surface area contributed by atoms with Gasteiger partial charge in [-0.1, -0.05) is 26.7 Å². The van der Waals surface area contributed by atoms with E-state index in [1.807, 2.05) is 13.8 Å². The number of hydrogen-bond acceptors (Lipinski definition) is 3. The molecule has 1 aliphatic carbocycles. The molecule has 0 unspecified atom stereocenters. The van der Waals surface area contributed by atoms with Crippen molar-refractivity contribution < 1.29 is 8.42 Å². The zero-order valence-corrected chi connectivity index (χ0v) is 12.1. The highest BCUT2D eigenvalue weighted by Crippen LogP contribution is 2.25. The van der Waals surface area contributed by atoms with Crippen molar-refractivity contribution in [2.24, 2.45) is 5.92 Å². The Bertz CT molecular complexity index is 308. The van der Waals surface area contributed by atoms with E-state index in [1.54, 1.807) is 11.4 Å². The Balaban J connectivity index is 2.34. The van der Waals surface area contributed by atoms with Crippen LogP contribution in [0.1, 0.15) is 39.5 Å². The minimum atomic E-state index is -3.07. The van der Waals surface area contributed by atoms with Gasteiger partial charge >= 0.3 is 0 Å². The van der Waals surface area contributed by atoms with Crippen molar-refractivity contribution in [3.63, 3.8) is 0 Å². The molecule has 0 aromatic carbocycles. The Labute approximate surface area is 106 Å². The molecule has 0 heterocycles. The van der Waals surface area contributed by atoms with Crippen LogP contribution in [0.4, 0.5) is 0 Å². The molecule has 1 N–H and O–H groups in total. The highest BCUT2D eigenvalue weighted by Gasteiger charge is 2.23. The minimum Gasteiger partial charge on any atom is -0.313 e. The molecule has 4 nitrogen and oxygen atoms in total. The van der Waals surface area contributed by atoms with Gasteiger partial charge in [0.2, 0.25) is 10.0 Å². The van der Waals surface area contributed by atoms with Crippen LogP contribution in [0.25, 0.3) is 0 Å². The maximum Gasteiger partial charge on any atom is 0.215 e. The smallest absolute Gasteiger partial charge is 0.215 e. The van der Waals surface area contributed by atoms with E-state index in [0.29, 0.717) is 25.0 Å². The molecule has 17 heavy (non-hydrogen) atoms. The van der Waals surface area contributed by atoms with Crippen LogP contribution in [0.15, 0.2) is 0 Å². The lowest BCUT2D eigenvalue weighted by Crippen LogP contribution is -2.37. The van der Waals surface area contributed by atoms with Gasteiger partial charge in [-0.25, -0.2) is 12.7 Å². The zero-order chi connectivity index (χ0) is 12.9. The molecular weight excluding hydrogens is 236 g/mol. The van der Waals surface area contributed by atoms with E-state index < -0.39 is 10.0 Å². The normalized spacial score (nSPS) is 18.4. The van der Waals surface area contributed by atoms with E-state index >= 15 is 0 Å². The number of nitrogens with one attached hydrogen (secondary N) is 1. The summed E-state index contributed by atoms with van der Waals surface area (Å²) >= 11 is 0. The van der Waals surface area contributed by atoms with Crippen molar-refractivity contribution in [2.45, 2.75) is 45.6 Å². The number of rotatable bonds is 7. The summed E-state index contributed by atoms with van der Waals surface area (Å²) in [5.74, 6) is 0.779. The van der Waals surface area contributed by atoms with Gasteiger partial charge in [0, 0.05) is 26.2 Å². The molecule has 1 rings (SSSR count). The zero-order valence-electron chi connectivity index (χ0n) is 11.3. The summed E-state index contributed by atoms with van der Waals surface area (Å²) < 4.78 is 25.5. The second kappa shape index (κ2) is 6.71. The summed E-state index contributed by atoms with van der Waals surface area (Å²) in [6, 6.07) is 0.338. The van der Waals surface area contributed by atoms with Gasteiger partial charge < -0.3 is 5.32 Å². The molecule has 0 bridgehead atoms. The van der Waals surface area contributed by atoms with Gasteiger partial charge in [0.1, 0.15) is 0 Å². The van der Waals surface area contributed by atoms with Gasteiger partial charge in [0.25, 0.3) is 0 Å². The van der Waals surface area contributed by atoms with E-state index in [9.17, 15) is 8.42 Å². The topological polar surface area (TPSA) is 49.4 Å². The summed E-state index contributed by atoms with van der Waals surface area (Å²) in [7, 11) is -1.36. The van der Waals surface area contributed by atoms with Crippen molar-refractivity contribution in [1.29, 1.82) is 0 Å². The van der Waals surface area contributed by atoms with Crippen LogP contribution < -0.4 is 5.32 Å². The molecule has 0 atom stereocenters. The first-order chi connectivity index (χ1) is 7.92. The van der Waals surface area contributed by atoms with Crippen molar-refractivity contribution >= 4 is 10.0 Å². The lowest BCUT2D eigenvalue weighted by Gasteiger charge is -2.21. The Morgan fingerprint density at radius 1 is 1.29 bits per heavy atom. The third-order valence-electron chi connectivity index (χ3n) is 3.38. The van der Waals surface area contributed by atoms with Crippen LogP contribution >= 0.6 is 0 Å². The van der Waals surface area contributed by atoms with Gasteiger partial charge in [0.05, 0.1) is 5.75 Å². The fraction of sp³-hybridized carbons (Fsp3) is 1.00. The third kappa shape index (κ3) is 5.36. The van der Waals surface area contributed by atoms with Gasteiger partial charge in [-0.05, 0) is 18.8 Å². The predicted molar refractivity (Wildman–Crippen MR) is 71.5 cm³/mol. The first-order valence-corrected chi connectivity index (χ1v) is 8.20. The van der Waals surface area contributed by atoms with E-state index in [0.717, 1.165) is 0 Å². The van der Waals surface area contributed by atoms with Crippen molar-refractivity contribution in [3.8, 4) is 0 Å². The largest absolute Gasteiger partial charge is 0.313 e. The number of sulfonamides is 1. The molecule has 0 aromatic rings. The van der Waals surface area contributed by atoms with Crippen LogP contribution in [0, 0.1) is 5.92 Å². The van der Waals surface area contributed by atoms with Crippen LogP contribution in [0.5, 0.6) is 0 Å². The average Bonchev–Trinajstić information content (AvgIpc) is 2.69. The summed E-state index contributed by atoms with van der Waals surface area (Å²) in [6.45, 7) is 5.28. The quantitative estimate of drug-likeness (QED) is 0.755. The second-order valence-corrected chi connectivity index (χ2v) is 7.55. The number of hydrogen-bond donors (Lipinski definition) is 1. The summed E-state index contributed by atoms with van der Waals surface area (Å²) in [5.41, 5.74) is 0. The SMILES string of the molecule is CC(C)NCCS(=O)(=O)N(C)CC1CCCC1. The second-order valence-electron chi connectivity index (χ2n) is 5.36. The highest BCUT2D eigenvalue weighted by atomic mass is 32.2. The van der Waals surface area contributed by atoms with Crippen LogP contribution in [-0.2, 0) is 10.0 Å². The fourth-order valence-electron chi connectivity index (χ4n) is 2.30. The van der Waals surface area contributed by atoms with Gasteiger partial charge in [-0.2, -0.15) is 0 Å². The average molecular weight is 262 g/mol. The Morgan fingerprint density at radius 2 is 1.88 bits per heavy atom. The molecule has 0 aliphatic heterocycles. The molecule has 1 aliphatic rings. The Morgan fingerprint density at radius 3 is 2.41 bits per heavy atom. The third-order valence-corrected chi connectivity index (χ3v) is 5.20. The summed E-state index contributed by atoms with van der Waals surface area (Å²) in [6.07, 6.45) is 4.88. The Kier molecular flexibility index (Phi) is 5.89. The molecule has 102 valence electrons. The minimum absolute atomic E-state index is 0.203. The van der Waals surface area contributed by atoms with Gasteiger partial charge in [-0.3, -0.25) is 0 Å². The predicted octanol–water partition coefficient (Wildman–Crippen LogP) is 1.44. The Hall–Kier alpha value is -0.130. The summed E-state index contributed by atoms with van der Waals surface area (Å²) in [4.78, 5) is 0. The molecule has 5 heteroatoms. The lowest BCUT2D eigenvalue weighted by molar-refractivity contribution is 0.386. The van der Waals surface area contributed by atoms with E-state index in [1.165, 1.54) is 25.7 Å². The summed E-state index contributed by atoms with van der Waals surface area (Å²) in [5, 5.41) is 3.14. The van der Waals surface area contributed by atoms with E-state index in [2.05, 4.69) is 5.32 Å². The molecule has 0 radical (unpaired) electrons. The number of nitrogens with zero attached hydrogens (tertiary/aromatic N) is 1. The highest BCUT2D eigenvalue weighted by molar-refractivity contribution is 7.89. The van der Waals surface area contributed by atoms with Crippen molar-refractivity contribution in [1.82, 2.24) is 9.62 Å². The van der Waals surface area contributed by atoms with E-state index in [4.69, 9.17) is 0 Å². The first-order valence-electron chi connectivity index (χ1n) is 6.59. The first kappa shape index (κ1) is 14.9. The van der Waals surface area contributed by atoms with Gasteiger partial charge in [0.15, 0.2) is 0 Å². The fourth-order valence-corrected chi connectivity index (χ4v) is 3.43. The van der Waals surface area contributed by atoms with Gasteiger partial charge in [-0.15, -0.1) is 0 Å². The molecule has 0 aromatic heterocycles. The molecule has 0 spiro atoms. The molecule has 1 fully saturated rings. The maximum absolute atomic E-state index is 12.0. The van der Waals surface area contributed by atoms with Crippen molar-refractivity contribution in [2.75, 3.05) is 25.9 Å². The van der Waals surface area contributed by atoms with E-state index in [-0.39, 0.29) is 5.75 Å². The van der Waals surface area contributed by atoms with Crippen LogP contribution in [0.3, 0.4) is 0 Å². The van der Waals surface area contributed by atoms with Crippen LogP contribution in [-0.4, -0.2) is 44.7 Å².